The number of nitrogens with zero attached hydrogens (tertiary/aromatic N) is 5. The maximum absolute atomic E-state index is 12.9. The van der Waals surface area contributed by atoms with E-state index in [-0.39, 0.29) is 5.91 Å². The normalized spacial score (nSPS) is 14.7. The third-order valence-corrected chi connectivity index (χ3v) is 6.76. The highest BCUT2D eigenvalue weighted by atomic mass is 32.2. The molecule has 4 aromatic rings. The lowest BCUT2D eigenvalue weighted by Gasteiger charge is -2.34. The third kappa shape index (κ3) is 4.84. The number of imidazole rings is 1. The number of pyridine rings is 2. The van der Waals surface area contributed by atoms with E-state index in [9.17, 15) is 4.79 Å². The smallest absolute Gasteiger partial charge is 0.253 e. The predicted octanol–water partition coefficient (Wildman–Crippen LogP) is 3.98. The number of carbonyl (C=O) groups excluding carboxylic acids is 1. The molecule has 0 saturated carbocycles. The topological polar surface area (TPSA) is 53.7 Å². The van der Waals surface area contributed by atoms with Gasteiger partial charge in [-0.1, -0.05) is 6.07 Å². The molecule has 5 rings (SSSR count). The van der Waals surface area contributed by atoms with Gasteiger partial charge in [-0.05, 0) is 54.1 Å². The maximum atomic E-state index is 12.9. The molecule has 1 amide bonds. The average molecular weight is 444 g/mol. The van der Waals surface area contributed by atoms with Crippen LogP contribution in [-0.2, 0) is 12.3 Å². The lowest BCUT2D eigenvalue weighted by atomic mass is 10.1. The van der Waals surface area contributed by atoms with E-state index in [1.54, 1.807) is 11.8 Å². The Hall–Kier alpha value is -3.16. The molecule has 6 nitrogen and oxygen atoms in total. The van der Waals surface area contributed by atoms with Crippen molar-refractivity contribution >= 4 is 23.3 Å². The Bertz CT molecular complexity index is 1150. The molecule has 1 saturated heterocycles. The molecule has 0 spiro atoms. The van der Waals surface area contributed by atoms with Crippen molar-refractivity contribution in [2.24, 2.45) is 0 Å². The van der Waals surface area contributed by atoms with Crippen LogP contribution in [0.2, 0.25) is 0 Å². The van der Waals surface area contributed by atoms with E-state index >= 15 is 0 Å². The van der Waals surface area contributed by atoms with Gasteiger partial charge >= 0.3 is 0 Å². The maximum Gasteiger partial charge on any atom is 0.253 e. The number of fused-ring (bicyclic) bond motifs is 1. The monoisotopic (exact) mass is 443 g/mol. The number of hydrogen-bond donors (Lipinski definition) is 0. The van der Waals surface area contributed by atoms with Gasteiger partial charge in [-0.25, -0.2) is 4.98 Å². The molecule has 4 heterocycles. The Labute approximate surface area is 191 Å². The Kier molecular flexibility index (Phi) is 6.18. The number of amides is 1. The van der Waals surface area contributed by atoms with Gasteiger partial charge in [0.05, 0.1) is 5.69 Å². The summed E-state index contributed by atoms with van der Waals surface area (Å²) in [5, 5.41) is 0. The molecule has 0 radical (unpaired) electrons. The van der Waals surface area contributed by atoms with E-state index in [0.29, 0.717) is 0 Å². The van der Waals surface area contributed by atoms with E-state index in [2.05, 4.69) is 21.1 Å². The summed E-state index contributed by atoms with van der Waals surface area (Å²) in [6.45, 7) is 4.20. The zero-order valence-corrected chi connectivity index (χ0v) is 18.6. The van der Waals surface area contributed by atoms with Gasteiger partial charge in [0.25, 0.3) is 5.91 Å². The molecule has 1 aromatic carbocycles. The van der Waals surface area contributed by atoms with Crippen molar-refractivity contribution in [3.8, 4) is 0 Å². The fourth-order valence-corrected chi connectivity index (χ4v) is 4.73. The van der Waals surface area contributed by atoms with Crippen molar-refractivity contribution in [1.29, 1.82) is 0 Å². The van der Waals surface area contributed by atoms with Crippen molar-refractivity contribution in [2.45, 2.75) is 17.2 Å². The van der Waals surface area contributed by atoms with Gasteiger partial charge < -0.3 is 9.30 Å². The number of carbonyl (C=O) groups is 1. The molecule has 0 unspecified atom stereocenters. The van der Waals surface area contributed by atoms with Crippen molar-refractivity contribution < 1.29 is 4.79 Å². The van der Waals surface area contributed by atoms with Crippen molar-refractivity contribution in [3.63, 3.8) is 0 Å². The van der Waals surface area contributed by atoms with Crippen molar-refractivity contribution in [1.82, 2.24) is 24.2 Å². The first-order valence-corrected chi connectivity index (χ1v) is 11.8. The highest BCUT2D eigenvalue weighted by molar-refractivity contribution is 7.98. The number of piperazine rings is 1. The van der Waals surface area contributed by atoms with E-state index in [0.717, 1.165) is 60.3 Å². The molecule has 1 fully saturated rings. The van der Waals surface area contributed by atoms with E-state index in [4.69, 9.17) is 0 Å². The summed E-state index contributed by atoms with van der Waals surface area (Å²) in [7, 11) is 0. The van der Waals surface area contributed by atoms with Crippen LogP contribution in [0.15, 0.2) is 84.3 Å². The minimum absolute atomic E-state index is 0.116. The second kappa shape index (κ2) is 9.54. The van der Waals surface area contributed by atoms with Gasteiger partial charge in [0.2, 0.25) is 0 Å². The fourth-order valence-electron chi connectivity index (χ4n) is 3.95. The SMILES string of the molecule is O=C(c1ccc(SCc2cn3ccccc3n2)cc1)N1CCN(Cc2ccncc2)CC1. The Morgan fingerprint density at radius 3 is 2.47 bits per heavy atom. The van der Waals surface area contributed by atoms with Crippen LogP contribution in [0.25, 0.3) is 5.65 Å². The second-order valence-electron chi connectivity index (χ2n) is 7.94. The second-order valence-corrected chi connectivity index (χ2v) is 8.98. The molecular formula is C25H25N5OS. The fraction of sp³-hybridized carbons (Fsp3) is 0.240. The minimum atomic E-state index is 0.116. The largest absolute Gasteiger partial charge is 0.336 e. The highest BCUT2D eigenvalue weighted by Crippen LogP contribution is 2.23. The first-order valence-electron chi connectivity index (χ1n) is 10.8. The molecule has 1 aliphatic heterocycles. The van der Waals surface area contributed by atoms with E-state index in [1.807, 2.05) is 82.5 Å². The van der Waals surface area contributed by atoms with Gasteiger partial charge in [-0.3, -0.25) is 14.7 Å². The van der Waals surface area contributed by atoms with Crippen LogP contribution >= 0.6 is 11.8 Å². The zero-order chi connectivity index (χ0) is 21.8. The molecule has 0 N–H and O–H groups in total. The Morgan fingerprint density at radius 2 is 1.72 bits per heavy atom. The quantitative estimate of drug-likeness (QED) is 0.422. The summed E-state index contributed by atoms with van der Waals surface area (Å²) in [5.41, 5.74) is 4.03. The molecule has 1 aliphatic rings. The van der Waals surface area contributed by atoms with Gasteiger partial charge in [0, 0.05) is 73.7 Å². The molecule has 162 valence electrons. The zero-order valence-electron chi connectivity index (χ0n) is 17.8. The summed E-state index contributed by atoms with van der Waals surface area (Å²) < 4.78 is 2.04. The first-order chi connectivity index (χ1) is 15.7. The molecule has 0 bridgehead atoms. The summed E-state index contributed by atoms with van der Waals surface area (Å²) in [4.78, 5) is 27.1. The average Bonchev–Trinajstić information content (AvgIpc) is 3.27. The van der Waals surface area contributed by atoms with Crippen LogP contribution < -0.4 is 0 Å². The van der Waals surface area contributed by atoms with Crippen LogP contribution in [-0.4, -0.2) is 56.3 Å². The van der Waals surface area contributed by atoms with Gasteiger partial charge in [0.15, 0.2) is 0 Å². The van der Waals surface area contributed by atoms with E-state index < -0.39 is 0 Å². The van der Waals surface area contributed by atoms with Crippen molar-refractivity contribution in [3.05, 3.63) is 96.2 Å². The summed E-state index contributed by atoms with van der Waals surface area (Å²) in [5.74, 6) is 0.916. The van der Waals surface area contributed by atoms with Gasteiger partial charge in [-0.2, -0.15) is 0 Å². The van der Waals surface area contributed by atoms with Crippen molar-refractivity contribution in [2.75, 3.05) is 26.2 Å². The van der Waals surface area contributed by atoms with Crippen LogP contribution in [0.4, 0.5) is 0 Å². The predicted molar refractivity (Wildman–Crippen MR) is 127 cm³/mol. The van der Waals surface area contributed by atoms with Crippen LogP contribution in [0, 0.1) is 0 Å². The number of hydrogen-bond acceptors (Lipinski definition) is 5. The molecule has 3 aromatic heterocycles. The summed E-state index contributed by atoms with van der Waals surface area (Å²) >= 11 is 1.73. The van der Waals surface area contributed by atoms with Crippen LogP contribution in [0.5, 0.6) is 0 Å². The lowest BCUT2D eigenvalue weighted by molar-refractivity contribution is 0.0628. The molecular weight excluding hydrogens is 418 g/mol. The highest BCUT2D eigenvalue weighted by Gasteiger charge is 2.22. The summed E-state index contributed by atoms with van der Waals surface area (Å²) in [6.07, 6.45) is 7.73. The van der Waals surface area contributed by atoms with Gasteiger partial charge in [-0.15, -0.1) is 11.8 Å². The molecule has 32 heavy (non-hydrogen) atoms. The molecule has 0 atom stereocenters. The standard InChI is InChI=1S/C25H25N5OS/c31-25(29-15-13-28(14-16-29)17-20-8-10-26-11-9-20)21-4-6-23(7-5-21)32-19-22-18-30-12-2-1-3-24(30)27-22/h1-12,18H,13-17,19H2. The van der Waals surface area contributed by atoms with E-state index in [1.165, 1.54) is 5.56 Å². The molecule has 7 heteroatoms. The number of aromatic nitrogens is 3. The van der Waals surface area contributed by atoms with Gasteiger partial charge in [0.1, 0.15) is 5.65 Å². The van der Waals surface area contributed by atoms with Crippen LogP contribution in [0.3, 0.4) is 0 Å². The Morgan fingerprint density at radius 1 is 0.938 bits per heavy atom. The summed E-state index contributed by atoms with van der Waals surface area (Å²) in [6, 6.07) is 18.1. The third-order valence-electron chi connectivity index (χ3n) is 5.72. The minimum Gasteiger partial charge on any atom is -0.336 e. The first kappa shape index (κ1) is 20.7. The number of rotatable bonds is 6. The molecule has 0 aliphatic carbocycles. The van der Waals surface area contributed by atoms with Crippen LogP contribution in [0.1, 0.15) is 21.6 Å². The Balaban J connectivity index is 1.13. The number of benzene rings is 1. The number of thioether (sulfide) groups is 1. The lowest BCUT2D eigenvalue weighted by Crippen LogP contribution is -2.48.